The van der Waals surface area contributed by atoms with Crippen molar-refractivity contribution >= 4 is 34.4 Å². The highest BCUT2D eigenvalue weighted by atomic mass is 127. The van der Waals surface area contributed by atoms with Gasteiger partial charge in [0.1, 0.15) is 5.75 Å². The van der Waals surface area contributed by atoms with E-state index >= 15 is 0 Å². The van der Waals surface area contributed by atoms with E-state index < -0.39 is 6.10 Å². The fourth-order valence-electron chi connectivity index (χ4n) is 1.56. The van der Waals surface area contributed by atoms with E-state index in [0.29, 0.717) is 5.75 Å². The highest BCUT2D eigenvalue weighted by Gasteiger charge is 2.09. The molecule has 0 saturated carbocycles. The van der Waals surface area contributed by atoms with Gasteiger partial charge in [-0.2, -0.15) is 0 Å². The second-order valence-electron chi connectivity index (χ2n) is 3.85. The van der Waals surface area contributed by atoms with Gasteiger partial charge in [-0.3, -0.25) is 0 Å². The molecule has 0 aliphatic rings. The first-order chi connectivity index (χ1) is 8.66. The number of phenolic OH excluding ortho intramolecular Hbond substituents is 1. The quantitative estimate of drug-likeness (QED) is 0.633. The molecule has 18 heavy (non-hydrogen) atoms. The molecular weight excluding hydrogens is 359 g/mol. The van der Waals surface area contributed by atoms with Gasteiger partial charge in [-0.15, -0.1) is 11.8 Å². The topological polar surface area (TPSA) is 40.5 Å². The second-order valence-corrected chi connectivity index (χ2v) is 6.16. The fourth-order valence-corrected chi connectivity index (χ4v) is 3.05. The van der Waals surface area contributed by atoms with Crippen LogP contribution in [0.3, 0.4) is 0 Å². The summed E-state index contributed by atoms with van der Waals surface area (Å²) in [5.41, 5.74) is 0.907. The van der Waals surface area contributed by atoms with Crippen LogP contribution in [0.1, 0.15) is 11.7 Å². The Hall–Kier alpha value is -0.720. The molecule has 0 bridgehead atoms. The summed E-state index contributed by atoms with van der Waals surface area (Å²) >= 11 is 3.68. The molecule has 2 N–H and O–H groups in total. The SMILES string of the molecule is Oc1ccccc1SCC(O)c1cccc(I)c1. The van der Waals surface area contributed by atoms with E-state index in [9.17, 15) is 10.2 Å². The fraction of sp³-hybridized carbons (Fsp3) is 0.143. The molecule has 1 unspecified atom stereocenters. The molecule has 2 rings (SSSR count). The van der Waals surface area contributed by atoms with Gasteiger partial charge in [0.15, 0.2) is 0 Å². The van der Waals surface area contributed by atoms with E-state index in [1.807, 2.05) is 36.4 Å². The molecule has 2 nitrogen and oxygen atoms in total. The summed E-state index contributed by atoms with van der Waals surface area (Å²) in [7, 11) is 0. The van der Waals surface area contributed by atoms with Crippen molar-refractivity contribution in [2.75, 3.05) is 5.75 Å². The summed E-state index contributed by atoms with van der Waals surface area (Å²) < 4.78 is 1.11. The molecule has 0 aromatic heterocycles. The van der Waals surface area contributed by atoms with Crippen LogP contribution in [0.2, 0.25) is 0 Å². The zero-order chi connectivity index (χ0) is 13.0. The van der Waals surface area contributed by atoms with Gasteiger partial charge in [-0.25, -0.2) is 0 Å². The Morgan fingerprint density at radius 3 is 2.61 bits per heavy atom. The third-order valence-corrected chi connectivity index (χ3v) is 4.31. The lowest BCUT2D eigenvalue weighted by molar-refractivity contribution is 0.204. The molecule has 0 fully saturated rings. The molecule has 0 saturated heterocycles. The minimum absolute atomic E-state index is 0.261. The zero-order valence-electron chi connectivity index (χ0n) is 9.58. The summed E-state index contributed by atoms with van der Waals surface area (Å²) in [5, 5.41) is 19.7. The molecule has 1 atom stereocenters. The van der Waals surface area contributed by atoms with E-state index in [0.717, 1.165) is 14.0 Å². The van der Waals surface area contributed by atoms with Crippen LogP contribution in [0.15, 0.2) is 53.4 Å². The van der Waals surface area contributed by atoms with Gasteiger partial charge in [-0.1, -0.05) is 24.3 Å². The number of aliphatic hydroxyl groups excluding tert-OH is 1. The van der Waals surface area contributed by atoms with Gasteiger partial charge in [0.05, 0.1) is 6.10 Å². The van der Waals surface area contributed by atoms with E-state index in [1.54, 1.807) is 12.1 Å². The van der Waals surface area contributed by atoms with E-state index in [2.05, 4.69) is 22.6 Å². The maximum absolute atomic E-state index is 10.1. The van der Waals surface area contributed by atoms with E-state index in [1.165, 1.54) is 11.8 Å². The van der Waals surface area contributed by atoms with Gasteiger partial charge < -0.3 is 10.2 Å². The van der Waals surface area contributed by atoms with E-state index in [4.69, 9.17) is 0 Å². The third-order valence-electron chi connectivity index (χ3n) is 2.50. The number of benzene rings is 2. The number of aromatic hydroxyl groups is 1. The summed E-state index contributed by atoms with van der Waals surface area (Å²) in [6.45, 7) is 0. The highest BCUT2D eigenvalue weighted by molar-refractivity contribution is 14.1. The molecule has 0 heterocycles. The normalized spacial score (nSPS) is 12.3. The first-order valence-electron chi connectivity index (χ1n) is 5.51. The predicted octanol–water partition coefficient (Wildman–Crippen LogP) is 3.82. The van der Waals surface area contributed by atoms with Gasteiger partial charge in [-0.05, 0) is 52.4 Å². The second kappa shape index (κ2) is 6.45. The molecule has 2 aromatic rings. The predicted molar refractivity (Wildman–Crippen MR) is 82.9 cm³/mol. The van der Waals surface area contributed by atoms with Crippen molar-refractivity contribution in [2.45, 2.75) is 11.0 Å². The number of halogens is 1. The minimum atomic E-state index is -0.524. The molecule has 0 spiro atoms. The van der Waals surface area contributed by atoms with Gasteiger partial charge in [0.25, 0.3) is 0 Å². The van der Waals surface area contributed by atoms with Crippen molar-refractivity contribution in [3.63, 3.8) is 0 Å². The number of thioether (sulfide) groups is 1. The summed E-state index contributed by atoms with van der Waals surface area (Å²) in [6, 6.07) is 15.0. The van der Waals surface area contributed by atoms with Gasteiger partial charge in [0, 0.05) is 14.2 Å². The van der Waals surface area contributed by atoms with Crippen molar-refractivity contribution in [2.24, 2.45) is 0 Å². The van der Waals surface area contributed by atoms with Crippen molar-refractivity contribution in [1.82, 2.24) is 0 Å². The van der Waals surface area contributed by atoms with Crippen LogP contribution in [0.25, 0.3) is 0 Å². The smallest absolute Gasteiger partial charge is 0.129 e. The monoisotopic (exact) mass is 372 g/mol. The van der Waals surface area contributed by atoms with Crippen molar-refractivity contribution in [3.8, 4) is 5.75 Å². The Morgan fingerprint density at radius 1 is 1.11 bits per heavy atom. The van der Waals surface area contributed by atoms with Crippen LogP contribution in [0.5, 0.6) is 5.75 Å². The number of hydrogen-bond donors (Lipinski definition) is 2. The van der Waals surface area contributed by atoms with Crippen molar-refractivity contribution in [1.29, 1.82) is 0 Å². The van der Waals surface area contributed by atoms with Gasteiger partial charge >= 0.3 is 0 Å². The van der Waals surface area contributed by atoms with Crippen molar-refractivity contribution < 1.29 is 10.2 Å². The molecule has 4 heteroatoms. The van der Waals surface area contributed by atoms with Gasteiger partial charge in [0.2, 0.25) is 0 Å². The van der Waals surface area contributed by atoms with Crippen molar-refractivity contribution in [3.05, 3.63) is 57.7 Å². The lowest BCUT2D eigenvalue weighted by Gasteiger charge is -2.11. The highest BCUT2D eigenvalue weighted by Crippen LogP contribution is 2.31. The maximum Gasteiger partial charge on any atom is 0.129 e. The Morgan fingerprint density at radius 2 is 1.89 bits per heavy atom. The summed E-state index contributed by atoms with van der Waals surface area (Å²) in [5.74, 6) is 0.787. The summed E-state index contributed by atoms with van der Waals surface area (Å²) in [6.07, 6.45) is -0.524. The van der Waals surface area contributed by atoms with Crippen LogP contribution in [0.4, 0.5) is 0 Å². The third kappa shape index (κ3) is 3.63. The minimum Gasteiger partial charge on any atom is -0.507 e. The van der Waals surface area contributed by atoms with Crippen LogP contribution in [0, 0.1) is 3.57 Å². The Balaban J connectivity index is 2.00. The zero-order valence-corrected chi connectivity index (χ0v) is 12.6. The number of para-hydroxylation sites is 1. The van der Waals surface area contributed by atoms with Crippen LogP contribution in [-0.4, -0.2) is 16.0 Å². The lowest BCUT2D eigenvalue weighted by atomic mass is 10.1. The van der Waals surface area contributed by atoms with E-state index in [-0.39, 0.29) is 5.75 Å². The largest absolute Gasteiger partial charge is 0.507 e. The summed E-state index contributed by atoms with van der Waals surface area (Å²) in [4.78, 5) is 0.794. The number of aliphatic hydroxyl groups is 1. The average Bonchev–Trinajstić information content (AvgIpc) is 2.37. The first kappa shape index (κ1) is 13.7. The van der Waals surface area contributed by atoms with Crippen LogP contribution in [-0.2, 0) is 0 Å². The molecule has 94 valence electrons. The van der Waals surface area contributed by atoms with Crippen LogP contribution >= 0.6 is 34.4 Å². The molecule has 0 radical (unpaired) electrons. The standard InChI is InChI=1S/C14H13IO2S/c15-11-5-3-4-10(8-11)13(17)9-18-14-7-2-1-6-12(14)16/h1-8,13,16-17H,9H2. The molecular formula is C14H13IO2S. The average molecular weight is 372 g/mol. The number of rotatable bonds is 4. The lowest BCUT2D eigenvalue weighted by Crippen LogP contribution is -2.00. The molecule has 0 aliphatic heterocycles. The number of phenols is 1. The maximum atomic E-state index is 10.1. The number of hydrogen-bond acceptors (Lipinski definition) is 3. The molecule has 0 aliphatic carbocycles. The molecule has 0 amide bonds. The van der Waals surface area contributed by atoms with Crippen LogP contribution < -0.4 is 0 Å². The Bertz CT molecular complexity index is 531. The molecule has 2 aromatic carbocycles. The Kier molecular flexibility index (Phi) is 4.91. The Labute approximate surface area is 124 Å². The first-order valence-corrected chi connectivity index (χ1v) is 7.57.